The lowest BCUT2D eigenvalue weighted by Gasteiger charge is -2.23. The Morgan fingerprint density at radius 3 is 2.27 bits per heavy atom. The van der Waals surface area contributed by atoms with E-state index in [2.05, 4.69) is 0 Å². The van der Waals surface area contributed by atoms with Crippen molar-refractivity contribution in [1.82, 2.24) is 4.90 Å². The lowest BCUT2D eigenvalue weighted by Crippen LogP contribution is -2.38. The maximum Gasteiger partial charge on any atom is 0.406 e. The van der Waals surface area contributed by atoms with Gasteiger partial charge in [0.15, 0.2) is 0 Å². The number of alkyl halides is 3. The van der Waals surface area contributed by atoms with Crippen molar-refractivity contribution >= 4 is 5.91 Å². The van der Waals surface area contributed by atoms with E-state index in [-0.39, 0.29) is 5.76 Å². The van der Waals surface area contributed by atoms with Gasteiger partial charge in [0.25, 0.3) is 5.91 Å². The first kappa shape index (κ1) is 16.0. The number of hydrogen-bond donors (Lipinski definition) is 0. The first-order chi connectivity index (χ1) is 10.2. The number of carbonyl (C=O) groups excluding carboxylic acids is 1. The minimum absolute atomic E-state index is 0.120. The Bertz CT molecular complexity index is 631. The van der Waals surface area contributed by atoms with Crippen molar-refractivity contribution in [1.29, 1.82) is 0 Å². The topological polar surface area (TPSA) is 33.5 Å². The highest BCUT2D eigenvalue weighted by Gasteiger charge is 2.34. The molecule has 0 unspecified atom stereocenters. The van der Waals surface area contributed by atoms with Gasteiger partial charge in [0.05, 0.1) is 12.8 Å². The van der Waals surface area contributed by atoms with Crippen LogP contribution in [0.4, 0.5) is 22.0 Å². The Hall–Kier alpha value is -2.38. The molecule has 0 saturated carbocycles. The number of rotatable bonds is 4. The van der Waals surface area contributed by atoms with Gasteiger partial charge in [-0.25, -0.2) is 8.78 Å². The molecule has 0 spiro atoms. The maximum atomic E-state index is 13.1. The molecule has 2 aromatic rings. The fraction of sp³-hybridized carbons (Fsp3) is 0.214. The molecular formula is C14H10F5NO2. The summed E-state index contributed by atoms with van der Waals surface area (Å²) in [6.45, 7) is -2.03. The highest BCUT2D eigenvalue weighted by Crippen LogP contribution is 2.21. The van der Waals surface area contributed by atoms with Gasteiger partial charge in [0.2, 0.25) is 0 Å². The molecule has 22 heavy (non-hydrogen) atoms. The monoisotopic (exact) mass is 319 g/mol. The van der Waals surface area contributed by atoms with Gasteiger partial charge in [0.1, 0.15) is 23.9 Å². The average Bonchev–Trinajstić information content (AvgIpc) is 2.87. The molecule has 1 heterocycles. The van der Waals surface area contributed by atoms with Crippen LogP contribution in [0, 0.1) is 11.6 Å². The van der Waals surface area contributed by atoms with Crippen molar-refractivity contribution < 1.29 is 31.2 Å². The van der Waals surface area contributed by atoms with Crippen LogP contribution in [0.15, 0.2) is 41.0 Å². The second kappa shape index (κ2) is 6.17. The second-order valence-corrected chi connectivity index (χ2v) is 4.51. The van der Waals surface area contributed by atoms with Gasteiger partial charge in [0, 0.05) is 11.6 Å². The Morgan fingerprint density at radius 2 is 1.77 bits per heavy atom. The molecule has 0 saturated heterocycles. The van der Waals surface area contributed by atoms with Crippen LogP contribution in [-0.2, 0) is 6.54 Å². The molecule has 0 N–H and O–H groups in total. The Kier molecular flexibility index (Phi) is 4.48. The van der Waals surface area contributed by atoms with Crippen LogP contribution in [-0.4, -0.2) is 23.5 Å². The van der Waals surface area contributed by atoms with Gasteiger partial charge >= 0.3 is 6.18 Å². The summed E-state index contributed by atoms with van der Waals surface area (Å²) in [6, 6.07) is 4.72. The summed E-state index contributed by atoms with van der Waals surface area (Å²) in [5, 5.41) is 0. The molecule has 8 heteroatoms. The second-order valence-electron chi connectivity index (χ2n) is 4.51. The van der Waals surface area contributed by atoms with Crippen LogP contribution < -0.4 is 0 Å². The third-order valence-corrected chi connectivity index (χ3v) is 2.69. The van der Waals surface area contributed by atoms with Crippen LogP contribution in [0.25, 0.3) is 0 Å². The van der Waals surface area contributed by atoms with E-state index in [9.17, 15) is 26.7 Å². The fourth-order valence-electron chi connectivity index (χ4n) is 1.87. The van der Waals surface area contributed by atoms with Crippen LogP contribution in [0.2, 0.25) is 0 Å². The quantitative estimate of drug-likeness (QED) is 0.804. The molecule has 0 atom stereocenters. The lowest BCUT2D eigenvalue weighted by molar-refractivity contribution is -0.142. The van der Waals surface area contributed by atoms with Crippen molar-refractivity contribution in [2.75, 3.05) is 6.54 Å². The van der Waals surface area contributed by atoms with Gasteiger partial charge in [-0.15, -0.1) is 0 Å². The minimum atomic E-state index is -4.66. The smallest absolute Gasteiger partial charge is 0.406 e. The maximum absolute atomic E-state index is 13.1. The molecule has 0 fully saturated rings. The van der Waals surface area contributed by atoms with E-state index in [4.69, 9.17) is 4.42 Å². The zero-order chi connectivity index (χ0) is 16.3. The summed E-state index contributed by atoms with van der Waals surface area (Å²) in [5.74, 6) is -3.12. The average molecular weight is 319 g/mol. The summed E-state index contributed by atoms with van der Waals surface area (Å²) in [7, 11) is 0. The molecule has 1 amide bonds. The molecule has 118 valence electrons. The lowest BCUT2D eigenvalue weighted by atomic mass is 10.1. The molecule has 0 bridgehead atoms. The van der Waals surface area contributed by atoms with Gasteiger partial charge in [-0.2, -0.15) is 13.2 Å². The molecule has 1 aromatic heterocycles. The van der Waals surface area contributed by atoms with Gasteiger partial charge in [-0.3, -0.25) is 4.79 Å². The number of furan rings is 1. The zero-order valence-electron chi connectivity index (χ0n) is 11.0. The van der Waals surface area contributed by atoms with Crippen molar-refractivity contribution in [2.24, 2.45) is 0 Å². The summed E-state index contributed by atoms with van der Waals surface area (Å²) < 4.78 is 68.9. The predicted octanol–water partition coefficient (Wildman–Crippen LogP) is 3.76. The highest BCUT2D eigenvalue weighted by molar-refractivity contribution is 5.94. The normalized spacial score (nSPS) is 11.5. The Morgan fingerprint density at radius 1 is 1.14 bits per heavy atom. The van der Waals surface area contributed by atoms with E-state index in [0.29, 0.717) is 23.1 Å². The number of halogens is 5. The number of carbonyl (C=O) groups is 1. The number of hydrogen-bond acceptors (Lipinski definition) is 2. The molecule has 0 aliphatic rings. The van der Waals surface area contributed by atoms with E-state index < -0.39 is 42.4 Å². The predicted molar refractivity (Wildman–Crippen MR) is 65.9 cm³/mol. The highest BCUT2D eigenvalue weighted by atomic mass is 19.4. The summed E-state index contributed by atoms with van der Waals surface area (Å²) in [5.41, 5.74) is -0.506. The first-order valence-corrected chi connectivity index (χ1v) is 6.09. The fourth-order valence-corrected chi connectivity index (χ4v) is 1.87. The number of benzene rings is 1. The van der Waals surface area contributed by atoms with Gasteiger partial charge in [-0.05, 0) is 24.3 Å². The molecule has 0 radical (unpaired) electrons. The first-order valence-electron chi connectivity index (χ1n) is 6.09. The Balaban J connectivity index is 2.28. The van der Waals surface area contributed by atoms with Gasteiger partial charge in [-0.1, -0.05) is 0 Å². The standard InChI is InChI=1S/C14H10F5NO2/c15-10-4-9(5-11(16)6-10)13(21)20(8-14(17,18)19)7-12-2-1-3-22-12/h1-6H,7-8H2. The SMILES string of the molecule is O=C(c1cc(F)cc(F)c1)N(Cc1ccco1)CC(F)(F)F. The van der Waals surface area contributed by atoms with Crippen LogP contribution in [0.5, 0.6) is 0 Å². The van der Waals surface area contributed by atoms with E-state index in [1.54, 1.807) is 0 Å². The molecular weight excluding hydrogens is 309 g/mol. The van der Waals surface area contributed by atoms with E-state index in [1.165, 1.54) is 18.4 Å². The summed E-state index contributed by atoms with van der Waals surface area (Å²) >= 11 is 0. The minimum Gasteiger partial charge on any atom is -0.467 e. The third kappa shape index (κ3) is 4.31. The molecule has 0 aliphatic heterocycles. The van der Waals surface area contributed by atoms with Crippen molar-refractivity contribution in [3.63, 3.8) is 0 Å². The van der Waals surface area contributed by atoms with E-state index in [1.807, 2.05) is 0 Å². The Labute approximate surface area is 121 Å². The van der Waals surface area contributed by atoms with E-state index in [0.717, 1.165) is 0 Å². The van der Waals surface area contributed by atoms with Crippen molar-refractivity contribution in [2.45, 2.75) is 12.7 Å². The van der Waals surface area contributed by atoms with Crippen LogP contribution in [0.1, 0.15) is 16.1 Å². The van der Waals surface area contributed by atoms with Crippen LogP contribution in [0.3, 0.4) is 0 Å². The number of nitrogens with zero attached hydrogens (tertiary/aromatic N) is 1. The number of amides is 1. The summed E-state index contributed by atoms with van der Waals surface area (Å²) in [6.07, 6.45) is -3.42. The molecule has 3 nitrogen and oxygen atoms in total. The molecule has 1 aromatic carbocycles. The molecule has 2 rings (SSSR count). The van der Waals surface area contributed by atoms with Crippen molar-refractivity contribution in [3.05, 3.63) is 59.6 Å². The third-order valence-electron chi connectivity index (χ3n) is 2.69. The van der Waals surface area contributed by atoms with E-state index >= 15 is 0 Å². The largest absolute Gasteiger partial charge is 0.467 e. The summed E-state index contributed by atoms with van der Waals surface area (Å²) in [4.78, 5) is 12.5. The van der Waals surface area contributed by atoms with Crippen molar-refractivity contribution in [3.8, 4) is 0 Å². The zero-order valence-corrected chi connectivity index (χ0v) is 11.0. The molecule has 0 aliphatic carbocycles. The van der Waals surface area contributed by atoms with Crippen LogP contribution >= 0.6 is 0 Å². The van der Waals surface area contributed by atoms with Gasteiger partial charge < -0.3 is 9.32 Å².